The van der Waals surface area contributed by atoms with Crippen LogP contribution >= 0.6 is 0 Å². The van der Waals surface area contributed by atoms with Gasteiger partial charge in [0, 0.05) is 6.54 Å². The number of likely N-dealkylation sites (tertiary alicyclic amines) is 1. The van der Waals surface area contributed by atoms with Crippen molar-refractivity contribution in [3.63, 3.8) is 0 Å². The van der Waals surface area contributed by atoms with Gasteiger partial charge in [0.25, 0.3) is 0 Å². The van der Waals surface area contributed by atoms with Crippen LogP contribution in [0.5, 0.6) is 0 Å². The Morgan fingerprint density at radius 3 is 2.29 bits per heavy atom. The van der Waals surface area contributed by atoms with Crippen LogP contribution < -0.4 is 0 Å². The quantitative estimate of drug-likeness (QED) is 0.375. The molecule has 0 aromatic heterocycles. The monoisotopic (exact) mass is 431 g/mol. The molecule has 1 heterocycles. The molecular formula is C28H49NO2. The molecule has 1 aliphatic rings. The van der Waals surface area contributed by atoms with Crippen molar-refractivity contribution in [1.82, 2.24) is 4.90 Å². The summed E-state index contributed by atoms with van der Waals surface area (Å²) in [5.41, 5.74) is 0.451. The van der Waals surface area contributed by atoms with Gasteiger partial charge in [0.1, 0.15) is 0 Å². The highest BCUT2D eigenvalue weighted by Crippen LogP contribution is 2.26. The van der Waals surface area contributed by atoms with Gasteiger partial charge in [-0.2, -0.15) is 0 Å². The van der Waals surface area contributed by atoms with E-state index in [1.807, 2.05) is 6.92 Å². The van der Waals surface area contributed by atoms with Crippen LogP contribution in [-0.4, -0.2) is 46.5 Å². The van der Waals surface area contributed by atoms with Crippen LogP contribution in [0.2, 0.25) is 0 Å². The van der Waals surface area contributed by atoms with E-state index in [4.69, 9.17) is 0 Å². The number of piperidine rings is 1. The summed E-state index contributed by atoms with van der Waals surface area (Å²) < 4.78 is 0. The van der Waals surface area contributed by atoms with Gasteiger partial charge in [0.15, 0.2) is 0 Å². The molecule has 1 fully saturated rings. The lowest BCUT2D eigenvalue weighted by atomic mass is 9.87. The fraction of sp³-hybridized carbons (Fsp3) is 0.786. The predicted molar refractivity (Wildman–Crippen MR) is 132 cm³/mol. The van der Waals surface area contributed by atoms with Crippen molar-refractivity contribution in [3.05, 3.63) is 35.9 Å². The molecule has 31 heavy (non-hydrogen) atoms. The van der Waals surface area contributed by atoms with Gasteiger partial charge in [-0.1, -0.05) is 83.2 Å². The minimum Gasteiger partial charge on any atom is -0.389 e. The Labute approximate surface area is 192 Å². The van der Waals surface area contributed by atoms with Gasteiger partial charge in [-0.15, -0.1) is 0 Å². The van der Waals surface area contributed by atoms with E-state index in [0.29, 0.717) is 18.9 Å². The second kappa shape index (κ2) is 13.6. The van der Waals surface area contributed by atoms with E-state index < -0.39 is 11.7 Å². The van der Waals surface area contributed by atoms with Crippen molar-refractivity contribution in [2.75, 3.05) is 19.6 Å². The smallest absolute Gasteiger partial charge is 0.0950 e. The molecule has 0 spiro atoms. The lowest BCUT2D eigenvalue weighted by Crippen LogP contribution is -2.48. The van der Waals surface area contributed by atoms with Crippen LogP contribution in [-0.2, 0) is 6.42 Å². The molecular weight excluding hydrogens is 382 g/mol. The summed E-state index contributed by atoms with van der Waals surface area (Å²) in [6.45, 7) is 11.4. The highest BCUT2D eigenvalue weighted by Gasteiger charge is 2.32. The average Bonchev–Trinajstić information content (AvgIpc) is 2.73. The topological polar surface area (TPSA) is 43.7 Å². The number of β-amino-alcohol motifs (C(OH)–C–C–N with tert-alkyl or cyclic N) is 1. The molecule has 1 aromatic rings. The first-order valence-corrected chi connectivity index (χ1v) is 12.9. The minimum absolute atomic E-state index is 0.600. The van der Waals surface area contributed by atoms with E-state index in [2.05, 4.69) is 56.0 Å². The fourth-order valence-electron chi connectivity index (χ4n) is 4.91. The standard InChI is InChI=1S/C28H49NO2/c1-23(2)10-8-11-24(3)12-9-19-28(4,31)27(30)22-29-20-17-26(18-21-29)16-15-25-13-6-5-7-14-25/h5-7,13-14,23-24,26-27,30-31H,8-12,15-22H2,1-4H3. The summed E-state index contributed by atoms with van der Waals surface area (Å²) in [4.78, 5) is 2.35. The molecule has 0 bridgehead atoms. The molecule has 3 atom stereocenters. The van der Waals surface area contributed by atoms with Crippen molar-refractivity contribution >= 4 is 0 Å². The van der Waals surface area contributed by atoms with E-state index in [1.165, 1.54) is 50.5 Å². The van der Waals surface area contributed by atoms with Crippen molar-refractivity contribution in [3.8, 4) is 0 Å². The first-order valence-electron chi connectivity index (χ1n) is 12.9. The lowest BCUT2D eigenvalue weighted by Gasteiger charge is -2.37. The van der Waals surface area contributed by atoms with E-state index in [-0.39, 0.29) is 0 Å². The second-order valence-electron chi connectivity index (χ2n) is 11.0. The highest BCUT2D eigenvalue weighted by molar-refractivity contribution is 5.14. The normalized spacial score (nSPS) is 20.0. The number of hydrogen-bond acceptors (Lipinski definition) is 3. The molecule has 0 aliphatic carbocycles. The number of benzene rings is 1. The Hall–Kier alpha value is -0.900. The number of nitrogens with zero attached hydrogens (tertiary/aromatic N) is 1. The zero-order chi connectivity index (χ0) is 22.7. The maximum atomic E-state index is 10.9. The number of rotatable bonds is 14. The van der Waals surface area contributed by atoms with E-state index in [9.17, 15) is 10.2 Å². The molecule has 0 radical (unpaired) electrons. The van der Waals surface area contributed by atoms with Gasteiger partial charge in [-0.25, -0.2) is 0 Å². The van der Waals surface area contributed by atoms with E-state index in [1.54, 1.807) is 0 Å². The number of aliphatic hydroxyl groups excluding tert-OH is 1. The zero-order valence-corrected chi connectivity index (χ0v) is 20.7. The van der Waals surface area contributed by atoms with Crippen LogP contribution in [0.3, 0.4) is 0 Å². The Morgan fingerprint density at radius 1 is 1.00 bits per heavy atom. The molecule has 3 nitrogen and oxygen atoms in total. The van der Waals surface area contributed by atoms with Gasteiger partial charge in [0.2, 0.25) is 0 Å². The number of aryl methyl sites for hydroxylation is 1. The van der Waals surface area contributed by atoms with Crippen LogP contribution in [0.1, 0.15) is 91.0 Å². The van der Waals surface area contributed by atoms with Gasteiger partial charge in [-0.3, -0.25) is 0 Å². The summed E-state index contributed by atoms with van der Waals surface area (Å²) in [6, 6.07) is 10.8. The van der Waals surface area contributed by atoms with Crippen molar-refractivity contribution in [2.24, 2.45) is 17.8 Å². The first-order chi connectivity index (χ1) is 14.8. The molecule has 2 N–H and O–H groups in total. The largest absolute Gasteiger partial charge is 0.389 e. The molecule has 0 saturated carbocycles. The summed E-state index contributed by atoms with van der Waals surface area (Å²) >= 11 is 0. The molecule has 1 saturated heterocycles. The van der Waals surface area contributed by atoms with Crippen molar-refractivity contribution in [2.45, 2.75) is 104 Å². The third-order valence-electron chi connectivity index (χ3n) is 7.40. The van der Waals surface area contributed by atoms with Gasteiger partial charge in [-0.05, 0) is 75.4 Å². The molecule has 3 heteroatoms. The Kier molecular flexibility index (Phi) is 11.6. The van der Waals surface area contributed by atoms with Crippen molar-refractivity contribution < 1.29 is 10.2 Å². The first kappa shape index (κ1) is 26.4. The Balaban J connectivity index is 1.61. The van der Waals surface area contributed by atoms with Crippen molar-refractivity contribution in [1.29, 1.82) is 0 Å². The third kappa shape index (κ3) is 10.5. The van der Waals surface area contributed by atoms with Gasteiger partial charge >= 0.3 is 0 Å². The number of aliphatic hydroxyl groups is 2. The van der Waals surface area contributed by atoms with Crippen LogP contribution in [0.25, 0.3) is 0 Å². The molecule has 1 aromatic carbocycles. The second-order valence-corrected chi connectivity index (χ2v) is 11.0. The molecule has 2 rings (SSSR count). The summed E-state index contributed by atoms with van der Waals surface area (Å²) in [7, 11) is 0. The predicted octanol–water partition coefficient (Wildman–Crippen LogP) is 6.08. The Bertz CT molecular complexity index is 578. The minimum atomic E-state index is -0.984. The van der Waals surface area contributed by atoms with Crippen LogP contribution in [0.4, 0.5) is 0 Å². The zero-order valence-electron chi connectivity index (χ0n) is 20.7. The van der Waals surface area contributed by atoms with Crippen LogP contribution in [0, 0.1) is 17.8 Å². The fourth-order valence-corrected chi connectivity index (χ4v) is 4.91. The third-order valence-corrected chi connectivity index (χ3v) is 7.40. The Morgan fingerprint density at radius 2 is 1.65 bits per heavy atom. The summed E-state index contributed by atoms with van der Waals surface area (Å²) in [5.74, 6) is 2.28. The maximum absolute atomic E-state index is 10.9. The molecule has 178 valence electrons. The average molecular weight is 432 g/mol. The molecule has 3 unspecified atom stereocenters. The SMILES string of the molecule is CC(C)CCCC(C)CCCC(C)(O)C(O)CN1CCC(CCc2ccccc2)CC1. The highest BCUT2D eigenvalue weighted by atomic mass is 16.3. The summed E-state index contributed by atoms with van der Waals surface area (Å²) in [6.07, 6.45) is 10.9. The van der Waals surface area contributed by atoms with Gasteiger partial charge in [0.05, 0.1) is 11.7 Å². The maximum Gasteiger partial charge on any atom is 0.0950 e. The summed E-state index contributed by atoms with van der Waals surface area (Å²) in [5, 5.41) is 21.6. The van der Waals surface area contributed by atoms with E-state index in [0.717, 1.165) is 37.8 Å². The van der Waals surface area contributed by atoms with Crippen LogP contribution in [0.15, 0.2) is 30.3 Å². The lowest BCUT2D eigenvalue weighted by molar-refractivity contribution is -0.0828. The van der Waals surface area contributed by atoms with E-state index >= 15 is 0 Å². The van der Waals surface area contributed by atoms with Gasteiger partial charge < -0.3 is 15.1 Å². The molecule has 0 amide bonds. The number of hydrogen-bond donors (Lipinski definition) is 2. The molecule has 1 aliphatic heterocycles.